The molecule has 2 fully saturated rings. The second kappa shape index (κ2) is 3.88. The molecule has 0 aromatic heterocycles. The summed E-state index contributed by atoms with van der Waals surface area (Å²) < 4.78 is 0. The van der Waals surface area contributed by atoms with E-state index in [1.807, 2.05) is 0 Å². The highest BCUT2D eigenvalue weighted by Gasteiger charge is 2.33. The fraction of sp³-hybridized carbons (Fsp3) is 0.889. The van der Waals surface area contributed by atoms with Gasteiger partial charge in [0.25, 0.3) is 0 Å². The Kier molecular flexibility index (Phi) is 2.79. The highest BCUT2D eigenvalue weighted by Crippen LogP contribution is 2.31. The van der Waals surface area contributed by atoms with Crippen molar-refractivity contribution in [2.45, 2.75) is 18.9 Å². The number of rotatable bonds is 3. The SMILES string of the molecule is O=C(O)C1CSCCN1CC1CC1. The van der Waals surface area contributed by atoms with Crippen molar-refractivity contribution in [2.75, 3.05) is 24.6 Å². The number of hydrogen-bond donors (Lipinski definition) is 1. The zero-order chi connectivity index (χ0) is 9.26. The van der Waals surface area contributed by atoms with Crippen LogP contribution in [0, 0.1) is 5.92 Å². The van der Waals surface area contributed by atoms with Gasteiger partial charge in [-0.05, 0) is 18.8 Å². The number of nitrogens with zero attached hydrogens (tertiary/aromatic N) is 1. The van der Waals surface area contributed by atoms with Crippen molar-refractivity contribution in [1.82, 2.24) is 4.90 Å². The van der Waals surface area contributed by atoms with E-state index in [1.54, 1.807) is 11.8 Å². The monoisotopic (exact) mass is 201 g/mol. The van der Waals surface area contributed by atoms with Crippen LogP contribution in [0.2, 0.25) is 0 Å². The second-order valence-electron chi connectivity index (χ2n) is 3.87. The average molecular weight is 201 g/mol. The van der Waals surface area contributed by atoms with Crippen LogP contribution in [0.4, 0.5) is 0 Å². The Morgan fingerprint density at radius 3 is 2.92 bits per heavy atom. The lowest BCUT2D eigenvalue weighted by atomic mass is 10.2. The molecule has 2 rings (SSSR count). The van der Waals surface area contributed by atoms with Crippen molar-refractivity contribution in [3.63, 3.8) is 0 Å². The molecular weight excluding hydrogens is 186 g/mol. The van der Waals surface area contributed by atoms with E-state index in [0.717, 1.165) is 30.5 Å². The third kappa shape index (κ3) is 2.38. The van der Waals surface area contributed by atoms with Gasteiger partial charge in [-0.25, -0.2) is 0 Å². The van der Waals surface area contributed by atoms with Gasteiger partial charge in [-0.1, -0.05) is 0 Å². The number of thioether (sulfide) groups is 1. The summed E-state index contributed by atoms with van der Waals surface area (Å²) in [5.74, 6) is 2.01. The van der Waals surface area contributed by atoms with Crippen molar-refractivity contribution >= 4 is 17.7 Å². The first kappa shape index (κ1) is 9.34. The molecule has 0 bridgehead atoms. The molecule has 13 heavy (non-hydrogen) atoms. The Balaban J connectivity index is 1.90. The molecule has 74 valence electrons. The maximum Gasteiger partial charge on any atom is 0.321 e. The van der Waals surface area contributed by atoms with Gasteiger partial charge in [-0.15, -0.1) is 0 Å². The lowest BCUT2D eigenvalue weighted by Gasteiger charge is -2.32. The van der Waals surface area contributed by atoms with E-state index in [-0.39, 0.29) is 6.04 Å². The van der Waals surface area contributed by atoms with Gasteiger partial charge in [0.05, 0.1) is 0 Å². The minimum atomic E-state index is -0.646. The zero-order valence-electron chi connectivity index (χ0n) is 7.61. The molecule has 4 heteroatoms. The predicted octanol–water partition coefficient (Wildman–Crippen LogP) is 0.898. The molecule has 0 aromatic rings. The van der Waals surface area contributed by atoms with Gasteiger partial charge in [-0.2, -0.15) is 11.8 Å². The molecule has 0 amide bonds. The number of hydrogen-bond acceptors (Lipinski definition) is 3. The van der Waals surface area contributed by atoms with Crippen molar-refractivity contribution in [3.8, 4) is 0 Å². The Labute approximate surface area is 82.5 Å². The third-order valence-corrected chi connectivity index (χ3v) is 3.74. The molecule has 1 saturated carbocycles. The summed E-state index contributed by atoms with van der Waals surface area (Å²) in [7, 11) is 0. The highest BCUT2D eigenvalue weighted by atomic mass is 32.2. The van der Waals surface area contributed by atoms with E-state index in [9.17, 15) is 4.79 Å². The quantitative estimate of drug-likeness (QED) is 0.736. The standard InChI is InChI=1S/C9H15NO2S/c11-9(12)8-6-13-4-3-10(8)5-7-1-2-7/h7-8H,1-6H2,(H,11,12). The molecular formula is C9H15NO2S. The van der Waals surface area contributed by atoms with Crippen LogP contribution in [-0.4, -0.2) is 46.6 Å². The van der Waals surface area contributed by atoms with Gasteiger partial charge in [0.2, 0.25) is 0 Å². The highest BCUT2D eigenvalue weighted by molar-refractivity contribution is 7.99. The fourth-order valence-corrected chi connectivity index (χ4v) is 2.82. The predicted molar refractivity (Wildman–Crippen MR) is 53.0 cm³/mol. The van der Waals surface area contributed by atoms with Crippen LogP contribution in [0.1, 0.15) is 12.8 Å². The summed E-state index contributed by atoms with van der Waals surface area (Å²) in [5.41, 5.74) is 0. The van der Waals surface area contributed by atoms with Crippen LogP contribution in [0.3, 0.4) is 0 Å². The molecule has 3 nitrogen and oxygen atoms in total. The molecule has 1 saturated heterocycles. The maximum atomic E-state index is 10.9. The second-order valence-corrected chi connectivity index (χ2v) is 5.02. The van der Waals surface area contributed by atoms with Gasteiger partial charge < -0.3 is 5.11 Å². The summed E-state index contributed by atoms with van der Waals surface area (Å²) in [4.78, 5) is 13.1. The maximum absolute atomic E-state index is 10.9. The van der Waals surface area contributed by atoms with E-state index in [0.29, 0.717) is 0 Å². The van der Waals surface area contributed by atoms with Crippen LogP contribution in [-0.2, 0) is 4.79 Å². The van der Waals surface area contributed by atoms with Crippen molar-refractivity contribution in [1.29, 1.82) is 0 Å². The Morgan fingerprint density at radius 2 is 2.31 bits per heavy atom. The summed E-state index contributed by atoms with van der Waals surface area (Å²) >= 11 is 1.76. The van der Waals surface area contributed by atoms with E-state index in [1.165, 1.54) is 12.8 Å². The first-order valence-corrected chi connectivity index (χ1v) is 5.97. The van der Waals surface area contributed by atoms with Crippen molar-refractivity contribution in [2.24, 2.45) is 5.92 Å². The molecule has 0 spiro atoms. The molecule has 0 aromatic carbocycles. The zero-order valence-corrected chi connectivity index (χ0v) is 8.42. The minimum Gasteiger partial charge on any atom is -0.480 e. The summed E-state index contributed by atoms with van der Waals surface area (Å²) in [6, 6.07) is -0.223. The number of carboxylic acids is 1. The van der Waals surface area contributed by atoms with Crippen LogP contribution in [0.5, 0.6) is 0 Å². The van der Waals surface area contributed by atoms with Crippen LogP contribution < -0.4 is 0 Å². The Morgan fingerprint density at radius 1 is 1.54 bits per heavy atom. The summed E-state index contributed by atoms with van der Waals surface area (Å²) in [6.07, 6.45) is 2.60. The first-order chi connectivity index (χ1) is 6.27. The summed E-state index contributed by atoms with van der Waals surface area (Å²) in [5, 5.41) is 8.99. The molecule has 1 aliphatic heterocycles. The van der Waals surface area contributed by atoms with E-state index in [2.05, 4.69) is 4.90 Å². The van der Waals surface area contributed by atoms with Gasteiger partial charge >= 0.3 is 5.97 Å². The first-order valence-electron chi connectivity index (χ1n) is 4.82. The lowest BCUT2D eigenvalue weighted by molar-refractivity contribution is -0.142. The van der Waals surface area contributed by atoms with Crippen molar-refractivity contribution in [3.05, 3.63) is 0 Å². The average Bonchev–Trinajstić information content (AvgIpc) is 2.89. The Hall–Kier alpha value is -0.220. The summed E-state index contributed by atoms with van der Waals surface area (Å²) in [6.45, 7) is 1.97. The number of aliphatic carboxylic acids is 1. The van der Waals surface area contributed by atoms with Crippen LogP contribution >= 0.6 is 11.8 Å². The Bertz CT molecular complexity index is 206. The van der Waals surface area contributed by atoms with E-state index < -0.39 is 5.97 Å². The van der Waals surface area contributed by atoms with Crippen LogP contribution in [0.25, 0.3) is 0 Å². The minimum absolute atomic E-state index is 0.223. The molecule has 1 atom stereocenters. The molecule has 1 N–H and O–H groups in total. The molecule has 1 unspecified atom stereocenters. The number of carbonyl (C=O) groups is 1. The van der Waals surface area contributed by atoms with E-state index >= 15 is 0 Å². The number of carboxylic acid groups (broad SMARTS) is 1. The lowest BCUT2D eigenvalue weighted by Crippen LogP contribution is -2.48. The molecule has 0 radical (unpaired) electrons. The molecule has 1 heterocycles. The van der Waals surface area contributed by atoms with E-state index in [4.69, 9.17) is 5.11 Å². The van der Waals surface area contributed by atoms with Crippen LogP contribution in [0.15, 0.2) is 0 Å². The largest absolute Gasteiger partial charge is 0.480 e. The normalized spacial score (nSPS) is 30.3. The fourth-order valence-electron chi connectivity index (χ4n) is 1.72. The van der Waals surface area contributed by atoms with Gasteiger partial charge in [0.1, 0.15) is 6.04 Å². The smallest absolute Gasteiger partial charge is 0.321 e. The third-order valence-electron chi connectivity index (χ3n) is 2.71. The van der Waals surface area contributed by atoms with Gasteiger partial charge in [0, 0.05) is 24.6 Å². The van der Waals surface area contributed by atoms with Gasteiger partial charge in [-0.3, -0.25) is 9.69 Å². The van der Waals surface area contributed by atoms with Gasteiger partial charge in [0.15, 0.2) is 0 Å². The molecule has 2 aliphatic rings. The molecule has 1 aliphatic carbocycles. The van der Waals surface area contributed by atoms with Crippen molar-refractivity contribution < 1.29 is 9.90 Å². The topological polar surface area (TPSA) is 40.5 Å².